The van der Waals surface area contributed by atoms with Gasteiger partial charge in [0.1, 0.15) is 11.5 Å². The van der Waals surface area contributed by atoms with Gasteiger partial charge in [-0.05, 0) is 44.5 Å². The van der Waals surface area contributed by atoms with Crippen LogP contribution in [0.1, 0.15) is 20.8 Å². The third-order valence-electron chi connectivity index (χ3n) is 2.75. The molecule has 1 aromatic carbocycles. The van der Waals surface area contributed by atoms with E-state index in [1.807, 2.05) is 32.9 Å². The summed E-state index contributed by atoms with van der Waals surface area (Å²) in [4.78, 5) is 12.5. The first-order valence-electron chi connectivity index (χ1n) is 6.99. The van der Waals surface area contributed by atoms with Crippen molar-refractivity contribution in [3.05, 3.63) is 23.5 Å². The Morgan fingerprint density at radius 1 is 1.00 bits per heavy atom. The van der Waals surface area contributed by atoms with E-state index >= 15 is 0 Å². The Kier molecular flexibility index (Phi) is 5.10. The lowest BCUT2D eigenvalue weighted by Crippen LogP contribution is -2.27. The molecule has 8 heteroatoms. The van der Waals surface area contributed by atoms with Gasteiger partial charge in [0.2, 0.25) is 17.2 Å². The maximum absolute atomic E-state index is 5.97. The minimum Gasteiger partial charge on any atom is -0.497 e. The number of rotatable bonds is 5. The molecule has 0 bridgehead atoms. The summed E-state index contributed by atoms with van der Waals surface area (Å²) in [6, 6.07) is 5.38. The Bertz CT molecular complexity index is 688. The second-order valence-electron chi connectivity index (χ2n) is 5.82. The van der Waals surface area contributed by atoms with Crippen LogP contribution in [0.15, 0.2) is 18.2 Å². The molecule has 0 spiro atoms. The van der Waals surface area contributed by atoms with Crippen molar-refractivity contribution in [1.29, 1.82) is 0 Å². The van der Waals surface area contributed by atoms with Crippen molar-refractivity contribution in [3.8, 4) is 11.5 Å². The van der Waals surface area contributed by atoms with Crippen LogP contribution in [0.25, 0.3) is 0 Å². The van der Waals surface area contributed by atoms with Gasteiger partial charge in [-0.2, -0.15) is 15.0 Å². The fraction of sp³-hybridized carbons (Fsp3) is 0.400. The van der Waals surface area contributed by atoms with Crippen LogP contribution in [0.5, 0.6) is 11.5 Å². The number of benzene rings is 1. The Hall–Kier alpha value is -2.28. The monoisotopic (exact) mass is 337 g/mol. The van der Waals surface area contributed by atoms with Crippen LogP contribution >= 0.6 is 11.6 Å². The summed E-state index contributed by atoms with van der Waals surface area (Å²) in [5, 5.41) is 6.33. The van der Waals surface area contributed by atoms with E-state index in [0.717, 1.165) is 0 Å². The molecule has 7 nitrogen and oxygen atoms in total. The third-order valence-corrected chi connectivity index (χ3v) is 2.92. The molecule has 0 aliphatic rings. The highest BCUT2D eigenvalue weighted by molar-refractivity contribution is 6.28. The van der Waals surface area contributed by atoms with Crippen molar-refractivity contribution in [1.82, 2.24) is 15.0 Å². The zero-order valence-electron chi connectivity index (χ0n) is 13.8. The number of hydrogen-bond donors (Lipinski definition) is 2. The number of anilines is 3. The van der Waals surface area contributed by atoms with Gasteiger partial charge in [0, 0.05) is 11.6 Å². The number of hydrogen-bond acceptors (Lipinski definition) is 7. The molecule has 2 rings (SSSR count). The first kappa shape index (κ1) is 17.1. The van der Waals surface area contributed by atoms with E-state index in [9.17, 15) is 0 Å². The van der Waals surface area contributed by atoms with Crippen molar-refractivity contribution in [3.63, 3.8) is 0 Å². The first-order valence-corrected chi connectivity index (χ1v) is 7.37. The quantitative estimate of drug-likeness (QED) is 0.864. The van der Waals surface area contributed by atoms with Gasteiger partial charge in [0.15, 0.2) is 0 Å². The zero-order chi connectivity index (χ0) is 17.0. The molecule has 0 aliphatic heterocycles. The number of aromatic nitrogens is 3. The van der Waals surface area contributed by atoms with Gasteiger partial charge in [0.05, 0.1) is 19.9 Å². The van der Waals surface area contributed by atoms with Crippen molar-refractivity contribution < 1.29 is 9.47 Å². The van der Waals surface area contributed by atoms with Gasteiger partial charge in [-0.25, -0.2) is 0 Å². The van der Waals surface area contributed by atoms with Gasteiger partial charge < -0.3 is 20.1 Å². The molecule has 1 heterocycles. The maximum atomic E-state index is 5.97. The number of ether oxygens (including phenoxy) is 2. The topological polar surface area (TPSA) is 81.2 Å². The fourth-order valence-corrected chi connectivity index (χ4v) is 1.98. The number of halogens is 1. The van der Waals surface area contributed by atoms with Crippen molar-refractivity contribution >= 4 is 29.2 Å². The lowest BCUT2D eigenvalue weighted by atomic mass is 10.1. The molecule has 0 unspecified atom stereocenters. The lowest BCUT2D eigenvalue weighted by molar-refractivity contribution is 0.395. The molecule has 23 heavy (non-hydrogen) atoms. The summed E-state index contributed by atoms with van der Waals surface area (Å²) in [5.74, 6) is 2.01. The van der Waals surface area contributed by atoms with Crippen LogP contribution in [0.3, 0.4) is 0 Å². The summed E-state index contributed by atoms with van der Waals surface area (Å²) >= 11 is 5.97. The third kappa shape index (κ3) is 4.85. The zero-order valence-corrected chi connectivity index (χ0v) is 14.5. The van der Waals surface area contributed by atoms with Crippen LogP contribution in [-0.4, -0.2) is 34.7 Å². The van der Waals surface area contributed by atoms with E-state index < -0.39 is 0 Å². The van der Waals surface area contributed by atoms with Crippen molar-refractivity contribution in [2.45, 2.75) is 26.3 Å². The molecule has 1 aromatic heterocycles. The molecule has 2 aromatic rings. The van der Waals surface area contributed by atoms with Gasteiger partial charge in [-0.1, -0.05) is 0 Å². The van der Waals surface area contributed by atoms with E-state index in [1.165, 1.54) is 0 Å². The maximum Gasteiger partial charge on any atom is 0.233 e. The van der Waals surface area contributed by atoms with E-state index in [2.05, 4.69) is 25.6 Å². The van der Waals surface area contributed by atoms with E-state index in [4.69, 9.17) is 21.1 Å². The van der Waals surface area contributed by atoms with E-state index in [1.54, 1.807) is 20.3 Å². The van der Waals surface area contributed by atoms with Crippen molar-refractivity contribution in [2.24, 2.45) is 0 Å². The van der Waals surface area contributed by atoms with E-state index in [-0.39, 0.29) is 10.8 Å². The fourth-order valence-electron chi connectivity index (χ4n) is 1.82. The van der Waals surface area contributed by atoms with Gasteiger partial charge in [-0.3, -0.25) is 0 Å². The molecule has 0 fully saturated rings. The molecule has 0 aliphatic carbocycles. The molecular weight excluding hydrogens is 318 g/mol. The lowest BCUT2D eigenvalue weighted by Gasteiger charge is -2.20. The first-order chi connectivity index (χ1) is 10.8. The smallest absolute Gasteiger partial charge is 0.233 e. The van der Waals surface area contributed by atoms with Gasteiger partial charge >= 0.3 is 0 Å². The Labute approximate surface area is 140 Å². The second-order valence-corrected chi connectivity index (χ2v) is 6.16. The molecule has 2 N–H and O–H groups in total. The number of methoxy groups -OCH3 is 2. The van der Waals surface area contributed by atoms with Crippen LogP contribution in [0.4, 0.5) is 17.6 Å². The largest absolute Gasteiger partial charge is 0.497 e. The molecule has 124 valence electrons. The average molecular weight is 338 g/mol. The summed E-state index contributed by atoms with van der Waals surface area (Å²) in [6.45, 7) is 6.01. The number of nitrogens with zero attached hydrogens (tertiary/aromatic N) is 3. The predicted molar refractivity (Wildman–Crippen MR) is 91.0 cm³/mol. The predicted octanol–water partition coefficient (Wildman–Crippen LogP) is 3.50. The number of nitrogens with one attached hydrogen (secondary N) is 2. The normalized spacial score (nSPS) is 11.0. The molecule has 0 saturated carbocycles. The minimum atomic E-state index is -0.195. The van der Waals surface area contributed by atoms with Gasteiger partial charge in [-0.15, -0.1) is 0 Å². The molecule has 0 saturated heterocycles. The van der Waals surface area contributed by atoms with Crippen LogP contribution < -0.4 is 20.1 Å². The second kappa shape index (κ2) is 6.87. The van der Waals surface area contributed by atoms with Gasteiger partial charge in [0.25, 0.3) is 0 Å². The minimum absolute atomic E-state index is 0.0988. The summed E-state index contributed by atoms with van der Waals surface area (Å²) in [7, 11) is 3.17. The summed E-state index contributed by atoms with van der Waals surface area (Å²) in [6.07, 6.45) is 0. The molecular formula is C15H20ClN5O2. The highest BCUT2D eigenvalue weighted by Gasteiger charge is 2.14. The molecule has 0 atom stereocenters. The SMILES string of the molecule is COc1ccc(Nc2nc(Cl)nc(NC(C)(C)C)n2)c(OC)c1. The Morgan fingerprint density at radius 3 is 2.30 bits per heavy atom. The molecule has 0 radical (unpaired) electrons. The van der Waals surface area contributed by atoms with Crippen LogP contribution in [0, 0.1) is 0 Å². The highest BCUT2D eigenvalue weighted by Crippen LogP contribution is 2.31. The van der Waals surface area contributed by atoms with E-state index in [0.29, 0.717) is 29.1 Å². The Morgan fingerprint density at radius 2 is 1.70 bits per heavy atom. The summed E-state index contributed by atoms with van der Waals surface area (Å²) in [5.41, 5.74) is 0.497. The Balaban J connectivity index is 2.29. The summed E-state index contributed by atoms with van der Waals surface area (Å²) < 4.78 is 10.5. The van der Waals surface area contributed by atoms with Crippen molar-refractivity contribution in [2.75, 3.05) is 24.9 Å². The molecule has 0 amide bonds. The van der Waals surface area contributed by atoms with Crippen LogP contribution in [-0.2, 0) is 0 Å². The average Bonchev–Trinajstić information content (AvgIpc) is 2.45. The standard InChI is InChI=1S/C15H20ClN5O2/c1-15(2,3)21-14-19-12(16)18-13(20-14)17-10-7-6-9(22-4)8-11(10)23-5/h6-8H,1-5H3,(H2,17,18,19,20,21). The van der Waals surface area contributed by atoms with Crippen LogP contribution in [0.2, 0.25) is 5.28 Å². The highest BCUT2D eigenvalue weighted by atomic mass is 35.5.